The van der Waals surface area contributed by atoms with Crippen LogP contribution in [0.5, 0.6) is 0 Å². The predicted octanol–water partition coefficient (Wildman–Crippen LogP) is 3.28. The highest BCUT2D eigenvalue weighted by Crippen LogP contribution is 2.17. The summed E-state index contributed by atoms with van der Waals surface area (Å²) in [5.74, 6) is 6.07. The van der Waals surface area contributed by atoms with E-state index in [1.54, 1.807) is 24.7 Å². The van der Waals surface area contributed by atoms with Gasteiger partial charge in [0.15, 0.2) is 0 Å². The zero-order valence-electron chi connectivity index (χ0n) is 13.6. The third-order valence-electron chi connectivity index (χ3n) is 3.82. The summed E-state index contributed by atoms with van der Waals surface area (Å²) in [6, 6.07) is 19.2. The van der Waals surface area contributed by atoms with Crippen molar-refractivity contribution in [3.05, 3.63) is 89.5 Å². The van der Waals surface area contributed by atoms with Gasteiger partial charge in [0, 0.05) is 18.5 Å². The fourth-order valence-electron chi connectivity index (χ4n) is 2.50. The van der Waals surface area contributed by atoms with E-state index >= 15 is 0 Å². The molecule has 2 aromatic carbocycles. The summed E-state index contributed by atoms with van der Waals surface area (Å²) in [6.45, 7) is 0.588. The predicted molar refractivity (Wildman–Crippen MR) is 95.4 cm³/mol. The molecule has 4 nitrogen and oxygen atoms in total. The van der Waals surface area contributed by atoms with E-state index in [0.29, 0.717) is 18.5 Å². The molecule has 1 atom stereocenters. The molecular formula is C21H17N3O. The van der Waals surface area contributed by atoms with Crippen molar-refractivity contribution in [3.8, 4) is 17.9 Å². The van der Waals surface area contributed by atoms with E-state index in [1.165, 1.54) is 0 Å². The molecular weight excluding hydrogens is 310 g/mol. The molecule has 25 heavy (non-hydrogen) atoms. The molecule has 3 rings (SSSR count). The molecule has 0 bridgehead atoms. The van der Waals surface area contributed by atoms with Crippen molar-refractivity contribution in [1.82, 2.24) is 9.55 Å². The van der Waals surface area contributed by atoms with Gasteiger partial charge in [0.25, 0.3) is 0 Å². The van der Waals surface area contributed by atoms with E-state index in [-0.39, 0.29) is 0 Å². The second-order valence-electron chi connectivity index (χ2n) is 5.64. The second-order valence-corrected chi connectivity index (χ2v) is 5.64. The second kappa shape index (κ2) is 7.97. The van der Waals surface area contributed by atoms with E-state index in [9.17, 15) is 5.11 Å². The third-order valence-corrected chi connectivity index (χ3v) is 3.82. The van der Waals surface area contributed by atoms with Crippen LogP contribution in [0.4, 0.5) is 0 Å². The van der Waals surface area contributed by atoms with Gasteiger partial charge in [-0.05, 0) is 29.8 Å². The zero-order chi connectivity index (χ0) is 17.5. The number of aliphatic hydroxyl groups is 1. The summed E-state index contributed by atoms with van der Waals surface area (Å²) in [5.41, 5.74) is 3.33. The summed E-state index contributed by atoms with van der Waals surface area (Å²) in [7, 11) is 0. The van der Waals surface area contributed by atoms with Crippen LogP contribution in [0.3, 0.4) is 0 Å². The lowest BCUT2D eigenvalue weighted by Crippen LogP contribution is -2.07. The molecule has 0 amide bonds. The van der Waals surface area contributed by atoms with Crippen molar-refractivity contribution in [1.29, 1.82) is 5.26 Å². The monoisotopic (exact) mass is 327 g/mol. The SMILES string of the molecule is N#Cc1ccc(Cn2cncc2C(O)CC#Cc2ccccc2)cc1. The van der Waals surface area contributed by atoms with E-state index in [2.05, 4.69) is 22.9 Å². The van der Waals surface area contributed by atoms with Gasteiger partial charge in [-0.2, -0.15) is 5.26 Å². The van der Waals surface area contributed by atoms with Crippen molar-refractivity contribution in [2.24, 2.45) is 0 Å². The Labute approximate surface area is 147 Å². The van der Waals surface area contributed by atoms with Gasteiger partial charge in [0.1, 0.15) is 6.10 Å². The molecule has 0 aliphatic heterocycles. The van der Waals surface area contributed by atoms with Gasteiger partial charge < -0.3 is 9.67 Å². The Kier molecular flexibility index (Phi) is 5.26. The first-order chi connectivity index (χ1) is 12.3. The minimum absolute atomic E-state index is 0.341. The lowest BCUT2D eigenvalue weighted by Gasteiger charge is -2.12. The Morgan fingerprint density at radius 1 is 1.04 bits per heavy atom. The highest BCUT2D eigenvalue weighted by molar-refractivity contribution is 5.34. The normalized spacial score (nSPS) is 11.2. The molecule has 4 heteroatoms. The number of aliphatic hydroxyl groups excluding tert-OH is 1. The number of rotatable bonds is 4. The molecule has 0 fully saturated rings. The highest BCUT2D eigenvalue weighted by Gasteiger charge is 2.12. The average molecular weight is 327 g/mol. The number of imidazole rings is 1. The Morgan fingerprint density at radius 2 is 1.80 bits per heavy atom. The smallest absolute Gasteiger partial charge is 0.106 e. The Bertz CT molecular complexity index is 925. The lowest BCUT2D eigenvalue weighted by molar-refractivity contribution is 0.174. The first-order valence-corrected chi connectivity index (χ1v) is 7.97. The highest BCUT2D eigenvalue weighted by atomic mass is 16.3. The maximum absolute atomic E-state index is 10.4. The van der Waals surface area contributed by atoms with Crippen LogP contribution in [0.15, 0.2) is 67.1 Å². The molecule has 1 N–H and O–H groups in total. The Hall–Kier alpha value is -3.34. The minimum atomic E-state index is -0.697. The first kappa shape index (κ1) is 16.5. The summed E-state index contributed by atoms with van der Waals surface area (Å²) in [4.78, 5) is 4.14. The van der Waals surface area contributed by atoms with Gasteiger partial charge in [-0.1, -0.05) is 42.2 Å². The van der Waals surface area contributed by atoms with Crippen LogP contribution < -0.4 is 0 Å². The van der Waals surface area contributed by atoms with Gasteiger partial charge in [0.2, 0.25) is 0 Å². The number of nitrogens with zero attached hydrogens (tertiary/aromatic N) is 3. The Morgan fingerprint density at radius 3 is 2.52 bits per heavy atom. The summed E-state index contributed by atoms with van der Waals surface area (Å²) in [5, 5.41) is 19.3. The van der Waals surface area contributed by atoms with Crippen LogP contribution >= 0.6 is 0 Å². The largest absolute Gasteiger partial charge is 0.386 e. The van der Waals surface area contributed by atoms with Crippen molar-refractivity contribution in [2.45, 2.75) is 19.1 Å². The molecule has 0 aliphatic rings. The van der Waals surface area contributed by atoms with Crippen LogP contribution in [-0.4, -0.2) is 14.7 Å². The molecule has 1 heterocycles. The van der Waals surface area contributed by atoms with Crippen LogP contribution in [0.1, 0.15) is 34.9 Å². The summed E-state index contributed by atoms with van der Waals surface area (Å²) in [6.07, 6.45) is 3.01. The number of hydrogen-bond donors (Lipinski definition) is 1. The fourth-order valence-corrected chi connectivity index (χ4v) is 2.50. The van der Waals surface area contributed by atoms with E-state index in [4.69, 9.17) is 5.26 Å². The van der Waals surface area contributed by atoms with Gasteiger partial charge in [-0.15, -0.1) is 0 Å². The Balaban J connectivity index is 1.68. The summed E-state index contributed by atoms with van der Waals surface area (Å²) >= 11 is 0. The fraction of sp³-hybridized carbons (Fsp3) is 0.143. The van der Waals surface area contributed by atoms with Crippen LogP contribution in [0.25, 0.3) is 0 Å². The lowest BCUT2D eigenvalue weighted by atomic mass is 10.1. The number of benzene rings is 2. The van der Waals surface area contributed by atoms with Crippen molar-refractivity contribution >= 4 is 0 Å². The van der Waals surface area contributed by atoms with Crippen LogP contribution in [0, 0.1) is 23.2 Å². The van der Waals surface area contributed by atoms with Crippen LogP contribution in [-0.2, 0) is 6.54 Å². The molecule has 0 spiro atoms. The van der Waals surface area contributed by atoms with Crippen LogP contribution in [0.2, 0.25) is 0 Å². The van der Waals surface area contributed by atoms with Crippen molar-refractivity contribution < 1.29 is 5.11 Å². The number of aromatic nitrogens is 2. The molecule has 0 aliphatic carbocycles. The van der Waals surface area contributed by atoms with Gasteiger partial charge in [0.05, 0.1) is 29.9 Å². The molecule has 1 unspecified atom stereocenters. The molecule has 0 radical (unpaired) electrons. The van der Waals surface area contributed by atoms with E-state index in [0.717, 1.165) is 16.8 Å². The zero-order valence-corrected chi connectivity index (χ0v) is 13.6. The van der Waals surface area contributed by atoms with Gasteiger partial charge in [-0.25, -0.2) is 4.98 Å². The minimum Gasteiger partial charge on any atom is -0.386 e. The molecule has 0 saturated carbocycles. The molecule has 122 valence electrons. The quantitative estimate of drug-likeness (QED) is 0.748. The van der Waals surface area contributed by atoms with Crippen molar-refractivity contribution in [2.75, 3.05) is 0 Å². The van der Waals surface area contributed by atoms with Gasteiger partial charge >= 0.3 is 0 Å². The third kappa shape index (κ3) is 4.35. The standard InChI is InChI=1S/C21H17N3O/c22-13-18-9-11-19(12-10-18)15-24-16-23-14-20(24)21(25)8-4-7-17-5-2-1-3-6-17/h1-3,5-6,9-12,14,16,21,25H,8,15H2. The van der Waals surface area contributed by atoms with Gasteiger partial charge in [-0.3, -0.25) is 0 Å². The number of hydrogen-bond acceptors (Lipinski definition) is 3. The van der Waals surface area contributed by atoms with E-state index < -0.39 is 6.10 Å². The molecule has 1 aromatic heterocycles. The summed E-state index contributed by atoms with van der Waals surface area (Å²) < 4.78 is 1.90. The number of nitriles is 1. The van der Waals surface area contributed by atoms with E-state index in [1.807, 2.05) is 47.0 Å². The molecule has 0 saturated heterocycles. The average Bonchev–Trinajstić information content (AvgIpc) is 3.11. The maximum Gasteiger partial charge on any atom is 0.106 e. The maximum atomic E-state index is 10.4. The molecule has 3 aromatic rings. The topological polar surface area (TPSA) is 61.8 Å². The first-order valence-electron chi connectivity index (χ1n) is 7.97. The van der Waals surface area contributed by atoms with Crippen molar-refractivity contribution in [3.63, 3.8) is 0 Å².